The van der Waals surface area contributed by atoms with Crippen LogP contribution in [0.5, 0.6) is 0 Å². The fourth-order valence-corrected chi connectivity index (χ4v) is 4.03. The first-order chi connectivity index (χ1) is 10.3. The molecular weight excluding hydrogens is 325 g/mol. The molecule has 0 saturated heterocycles. The highest BCUT2D eigenvalue weighted by atomic mass is 35.5. The molecule has 3 rings (SSSR count). The number of imidazole rings is 1. The summed E-state index contributed by atoms with van der Waals surface area (Å²) in [6.07, 6.45) is 4.86. The molecule has 0 fully saturated rings. The number of hydrogen-bond donors (Lipinski definition) is 0. The third kappa shape index (κ3) is 3.67. The summed E-state index contributed by atoms with van der Waals surface area (Å²) in [5.41, 5.74) is 2.18. The van der Waals surface area contributed by atoms with Crippen LogP contribution in [0.25, 0.3) is 11.0 Å². The third-order valence-electron chi connectivity index (χ3n) is 3.75. The molecule has 0 bridgehead atoms. The highest BCUT2D eigenvalue weighted by Crippen LogP contribution is 2.31. The molecule has 0 radical (unpaired) electrons. The predicted molar refractivity (Wildman–Crippen MR) is 91.4 cm³/mol. The molecule has 1 aliphatic rings. The fraction of sp³-hybridized carbons (Fsp3) is 0.533. The second kappa shape index (κ2) is 7.23. The number of hydrogen-bond acceptors (Lipinski definition) is 3. The second-order valence-corrected chi connectivity index (χ2v) is 7.18. The Labute approximate surface area is 139 Å². The van der Waals surface area contributed by atoms with Crippen LogP contribution in [0, 0.1) is 0 Å². The van der Waals surface area contributed by atoms with Crippen LogP contribution in [-0.2, 0) is 6.54 Å². The van der Waals surface area contributed by atoms with Gasteiger partial charge in [-0.3, -0.25) is 0 Å². The van der Waals surface area contributed by atoms with E-state index in [1.165, 1.54) is 19.3 Å². The van der Waals surface area contributed by atoms with Crippen molar-refractivity contribution >= 4 is 46.2 Å². The van der Waals surface area contributed by atoms with E-state index in [1.807, 2.05) is 18.2 Å². The number of fused-ring (bicyclic) bond motifs is 3. The minimum Gasteiger partial charge on any atom is -0.317 e. The van der Waals surface area contributed by atoms with Crippen molar-refractivity contribution in [1.29, 1.82) is 0 Å². The standard InChI is InChI=1S/C15H19Cl2N3S/c16-7-3-1-2-4-8-19-9-10-20-14-11-12(17)5-6-13(14)18-15(20)21-19/h5-6,11H,1-4,7-10H2. The summed E-state index contributed by atoms with van der Waals surface area (Å²) < 4.78 is 4.69. The first-order valence-corrected chi connectivity index (χ1v) is 9.11. The topological polar surface area (TPSA) is 21.1 Å². The minimum atomic E-state index is 0.775. The molecular formula is C15H19Cl2N3S. The summed E-state index contributed by atoms with van der Waals surface area (Å²) in [6, 6.07) is 5.91. The molecule has 114 valence electrons. The van der Waals surface area contributed by atoms with Gasteiger partial charge in [0.15, 0.2) is 5.16 Å². The van der Waals surface area contributed by atoms with E-state index in [9.17, 15) is 0 Å². The molecule has 0 atom stereocenters. The van der Waals surface area contributed by atoms with Crippen LogP contribution in [0.4, 0.5) is 0 Å². The number of nitrogens with zero attached hydrogens (tertiary/aromatic N) is 3. The summed E-state index contributed by atoms with van der Waals surface area (Å²) >= 11 is 13.6. The van der Waals surface area contributed by atoms with Gasteiger partial charge in [-0.2, -0.15) is 0 Å². The molecule has 0 amide bonds. The summed E-state index contributed by atoms with van der Waals surface area (Å²) in [5, 5.41) is 1.86. The Balaban J connectivity index is 1.62. The van der Waals surface area contributed by atoms with Crippen molar-refractivity contribution in [3.8, 4) is 0 Å². The van der Waals surface area contributed by atoms with Gasteiger partial charge in [0.05, 0.1) is 11.0 Å². The van der Waals surface area contributed by atoms with Gasteiger partial charge in [0.2, 0.25) is 0 Å². The van der Waals surface area contributed by atoms with Gasteiger partial charge < -0.3 is 4.57 Å². The summed E-state index contributed by atoms with van der Waals surface area (Å²) in [7, 11) is 0. The number of unbranched alkanes of at least 4 members (excludes halogenated alkanes) is 3. The first kappa shape index (κ1) is 15.5. The molecule has 1 aromatic carbocycles. The number of aromatic nitrogens is 2. The Hall–Kier alpha value is -0.420. The van der Waals surface area contributed by atoms with E-state index >= 15 is 0 Å². The van der Waals surface area contributed by atoms with Crippen molar-refractivity contribution in [2.24, 2.45) is 0 Å². The molecule has 2 aromatic rings. The normalized spacial score (nSPS) is 15.5. The monoisotopic (exact) mass is 343 g/mol. The SMILES string of the molecule is ClCCCCCCN1CCn2c(nc3ccc(Cl)cc32)S1. The van der Waals surface area contributed by atoms with E-state index in [4.69, 9.17) is 28.2 Å². The van der Waals surface area contributed by atoms with Crippen molar-refractivity contribution in [3.05, 3.63) is 23.2 Å². The van der Waals surface area contributed by atoms with Crippen LogP contribution < -0.4 is 0 Å². The zero-order valence-corrected chi connectivity index (χ0v) is 14.2. The van der Waals surface area contributed by atoms with Gasteiger partial charge in [-0.1, -0.05) is 24.4 Å². The lowest BCUT2D eigenvalue weighted by Crippen LogP contribution is -2.27. The molecule has 3 nitrogen and oxygen atoms in total. The van der Waals surface area contributed by atoms with E-state index in [2.05, 4.69) is 8.87 Å². The molecule has 0 unspecified atom stereocenters. The Morgan fingerprint density at radius 3 is 2.86 bits per heavy atom. The van der Waals surface area contributed by atoms with Crippen LogP contribution in [0.15, 0.2) is 23.4 Å². The van der Waals surface area contributed by atoms with Gasteiger partial charge in [-0.25, -0.2) is 9.29 Å². The lowest BCUT2D eigenvalue weighted by atomic mass is 10.2. The zero-order valence-electron chi connectivity index (χ0n) is 11.9. The largest absolute Gasteiger partial charge is 0.317 e. The van der Waals surface area contributed by atoms with E-state index in [1.54, 1.807) is 11.9 Å². The average molecular weight is 344 g/mol. The molecule has 1 aliphatic heterocycles. The number of benzene rings is 1. The van der Waals surface area contributed by atoms with Gasteiger partial charge in [-0.15, -0.1) is 11.6 Å². The molecule has 0 saturated carbocycles. The Morgan fingerprint density at radius 2 is 2.00 bits per heavy atom. The smallest absolute Gasteiger partial charge is 0.184 e. The van der Waals surface area contributed by atoms with E-state index < -0.39 is 0 Å². The van der Waals surface area contributed by atoms with Crippen LogP contribution in [0.2, 0.25) is 5.02 Å². The molecule has 0 N–H and O–H groups in total. The zero-order chi connectivity index (χ0) is 14.7. The maximum absolute atomic E-state index is 6.09. The first-order valence-electron chi connectivity index (χ1n) is 7.42. The summed E-state index contributed by atoms with van der Waals surface area (Å²) in [5.74, 6) is 0.783. The van der Waals surface area contributed by atoms with E-state index in [-0.39, 0.29) is 0 Å². The predicted octanol–water partition coefficient (Wildman–Crippen LogP) is 4.81. The molecule has 6 heteroatoms. The molecule has 0 aliphatic carbocycles. The van der Waals surface area contributed by atoms with E-state index in [0.29, 0.717) is 0 Å². The quantitative estimate of drug-likeness (QED) is 0.426. The molecule has 21 heavy (non-hydrogen) atoms. The number of rotatable bonds is 6. The van der Waals surface area contributed by atoms with Gasteiger partial charge in [0.25, 0.3) is 0 Å². The molecule has 1 aromatic heterocycles. The van der Waals surface area contributed by atoms with Crippen LogP contribution >= 0.6 is 35.1 Å². The van der Waals surface area contributed by atoms with Crippen molar-refractivity contribution in [2.45, 2.75) is 37.4 Å². The van der Waals surface area contributed by atoms with Crippen molar-refractivity contribution in [1.82, 2.24) is 13.9 Å². The highest BCUT2D eigenvalue weighted by molar-refractivity contribution is 7.96. The maximum atomic E-state index is 6.09. The maximum Gasteiger partial charge on any atom is 0.184 e. The average Bonchev–Trinajstić information content (AvgIpc) is 2.84. The van der Waals surface area contributed by atoms with Crippen molar-refractivity contribution < 1.29 is 0 Å². The number of halogens is 2. The Bertz CT molecular complexity index is 614. The van der Waals surface area contributed by atoms with Gasteiger partial charge in [-0.05, 0) is 43.0 Å². The van der Waals surface area contributed by atoms with Crippen LogP contribution in [0.1, 0.15) is 25.7 Å². The highest BCUT2D eigenvalue weighted by Gasteiger charge is 2.20. The Kier molecular flexibility index (Phi) is 5.33. The Morgan fingerprint density at radius 1 is 1.14 bits per heavy atom. The summed E-state index contributed by atoms with van der Waals surface area (Å²) in [4.78, 5) is 4.71. The van der Waals surface area contributed by atoms with Crippen LogP contribution in [-0.4, -0.2) is 32.8 Å². The minimum absolute atomic E-state index is 0.775. The number of alkyl halides is 1. The second-order valence-electron chi connectivity index (χ2n) is 5.30. The van der Waals surface area contributed by atoms with Crippen molar-refractivity contribution in [2.75, 3.05) is 19.0 Å². The van der Waals surface area contributed by atoms with Gasteiger partial charge >= 0.3 is 0 Å². The molecule has 2 heterocycles. The van der Waals surface area contributed by atoms with Crippen LogP contribution in [0.3, 0.4) is 0 Å². The van der Waals surface area contributed by atoms with Gasteiger partial charge in [0, 0.05) is 30.5 Å². The third-order valence-corrected chi connectivity index (χ3v) is 5.35. The van der Waals surface area contributed by atoms with Crippen molar-refractivity contribution in [3.63, 3.8) is 0 Å². The van der Waals surface area contributed by atoms with Gasteiger partial charge in [0.1, 0.15) is 0 Å². The van der Waals surface area contributed by atoms with E-state index in [0.717, 1.165) is 53.1 Å². The lowest BCUT2D eigenvalue weighted by Gasteiger charge is -2.26. The molecule has 0 spiro atoms. The fourth-order valence-electron chi connectivity index (χ4n) is 2.63. The lowest BCUT2D eigenvalue weighted by molar-refractivity contribution is 0.396. The summed E-state index contributed by atoms with van der Waals surface area (Å²) in [6.45, 7) is 3.17.